The van der Waals surface area contributed by atoms with Gasteiger partial charge in [0, 0.05) is 0 Å². The van der Waals surface area contributed by atoms with Crippen molar-refractivity contribution in [3.8, 4) is 0 Å². The van der Waals surface area contributed by atoms with E-state index in [1.165, 1.54) is 0 Å². The van der Waals surface area contributed by atoms with Crippen LogP contribution in [0.5, 0.6) is 0 Å². The Morgan fingerprint density at radius 1 is 0.905 bits per heavy atom. The van der Waals surface area contributed by atoms with Gasteiger partial charge < -0.3 is 11.1 Å². The van der Waals surface area contributed by atoms with Gasteiger partial charge in [0.2, 0.25) is 16.5 Å². The number of nitrogen functional groups attached to an aromatic ring is 1. The van der Waals surface area contributed by atoms with Crippen LogP contribution in [0.3, 0.4) is 0 Å². The standard InChI is InChI=1S/C17H15Cl2N7O12S4/c18-15-22-16(19)24-17(23-15)21-11-6-9(20)13(41(30,31)32)7-12(11)26-25-10-2-1-8(5-14(10)42(33,34)35)40(28,29)4-3-36-39-38-37-27/h1-2,5-7,27H,3-4,20H2,(H,30,31,32)(H,33,34,35)(H,21,22,23,24)/b26-25+. The molecule has 0 saturated heterocycles. The second-order valence-corrected chi connectivity index (χ2v) is 13.4. The molecule has 6 N–H and O–H groups in total. The lowest BCUT2D eigenvalue weighted by atomic mass is 10.2. The monoisotopic (exact) mass is 707 g/mol. The number of hydrogen-bond acceptors (Lipinski definition) is 18. The number of aromatic nitrogens is 3. The van der Waals surface area contributed by atoms with Crippen LogP contribution in [0.25, 0.3) is 0 Å². The first kappa shape index (κ1) is 33.7. The predicted molar refractivity (Wildman–Crippen MR) is 145 cm³/mol. The third-order valence-corrected chi connectivity index (χ3v) is 8.79. The van der Waals surface area contributed by atoms with Crippen LogP contribution in [0.4, 0.5) is 28.7 Å². The molecule has 42 heavy (non-hydrogen) atoms. The van der Waals surface area contributed by atoms with Crippen LogP contribution in [0.15, 0.2) is 55.2 Å². The van der Waals surface area contributed by atoms with E-state index in [1.54, 1.807) is 0 Å². The van der Waals surface area contributed by atoms with E-state index in [-0.39, 0.29) is 34.5 Å². The predicted octanol–water partition coefficient (Wildman–Crippen LogP) is 3.19. The second-order valence-electron chi connectivity index (χ2n) is 7.36. The van der Waals surface area contributed by atoms with Gasteiger partial charge in [0.25, 0.3) is 20.2 Å². The van der Waals surface area contributed by atoms with E-state index >= 15 is 0 Å². The van der Waals surface area contributed by atoms with Crippen molar-refractivity contribution in [2.75, 3.05) is 23.4 Å². The number of azo groups is 1. The zero-order valence-electron chi connectivity index (χ0n) is 20.0. The van der Waals surface area contributed by atoms with E-state index in [0.717, 1.165) is 24.3 Å². The van der Waals surface area contributed by atoms with Crippen LogP contribution in [-0.4, -0.2) is 66.9 Å². The van der Waals surface area contributed by atoms with Gasteiger partial charge in [0.15, 0.2) is 22.2 Å². The summed E-state index contributed by atoms with van der Waals surface area (Å²) in [6, 6.07) is 4.17. The molecule has 0 aliphatic rings. The molecule has 3 rings (SSSR count). The maximum atomic E-state index is 12.6. The first-order valence-corrected chi connectivity index (χ1v) is 16.2. The summed E-state index contributed by atoms with van der Waals surface area (Å²) in [5.74, 6) is -0.952. The SMILES string of the molecule is Nc1cc(Nc2nc(Cl)nc(Cl)n2)c(/N=N/c2ccc(S(=O)(=O)CCOSOOO)cc2S(=O)(=O)O)cc1S(=O)(=O)O. The van der Waals surface area contributed by atoms with Crippen LogP contribution in [0.2, 0.25) is 10.6 Å². The van der Waals surface area contributed by atoms with E-state index < -0.39 is 74.2 Å². The molecule has 0 aliphatic heterocycles. The fraction of sp³-hybridized carbons (Fsp3) is 0.118. The molecule has 19 nitrogen and oxygen atoms in total. The van der Waals surface area contributed by atoms with Crippen LogP contribution in [0, 0.1) is 0 Å². The van der Waals surface area contributed by atoms with Crippen molar-refractivity contribution in [2.24, 2.45) is 10.2 Å². The number of nitrogens with zero attached hydrogens (tertiary/aromatic N) is 5. The zero-order chi connectivity index (χ0) is 31.3. The molecule has 0 aliphatic carbocycles. The third-order valence-electron chi connectivity index (χ3n) is 4.61. The summed E-state index contributed by atoms with van der Waals surface area (Å²) < 4.78 is 101. The minimum Gasteiger partial charge on any atom is -0.398 e. The summed E-state index contributed by atoms with van der Waals surface area (Å²) in [5, 5.41) is 20.7. The molecule has 3 aromatic rings. The highest BCUT2D eigenvalue weighted by Gasteiger charge is 2.23. The lowest BCUT2D eigenvalue weighted by Gasteiger charge is -2.11. The Labute approximate surface area is 250 Å². The maximum absolute atomic E-state index is 12.6. The molecular weight excluding hydrogens is 693 g/mol. The van der Waals surface area contributed by atoms with E-state index in [0.29, 0.717) is 6.07 Å². The molecule has 0 amide bonds. The molecule has 0 unspecified atom stereocenters. The van der Waals surface area contributed by atoms with Gasteiger partial charge >= 0.3 is 0 Å². The lowest BCUT2D eigenvalue weighted by Crippen LogP contribution is -2.12. The molecule has 1 heterocycles. The van der Waals surface area contributed by atoms with Crippen molar-refractivity contribution in [3.05, 3.63) is 40.9 Å². The molecule has 228 valence electrons. The first-order chi connectivity index (χ1) is 19.5. The Kier molecular flexibility index (Phi) is 11.0. The maximum Gasteiger partial charge on any atom is 0.296 e. The molecular formula is C17H15Cl2N7O12S4. The van der Waals surface area contributed by atoms with Crippen molar-refractivity contribution in [3.63, 3.8) is 0 Å². The number of anilines is 3. The highest BCUT2D eigenvalue weighted by Crippen LogP contribution is 2.37. The normalized spacial score (nSPS) is 12.6. The summed E-state index contributed by atoms with van der Waals surface area (Å²) in [4.78, 5) is 8.74. The molecule has 25 heteroatoms. The molecule has 2 aromatic carbocycles. The summed E-state index contributed by atoms with van der Waals surface area (Å²) in [7, 11) is -14.2. The number of benzene rings is 2. The highest BCUT2D eigenvalue weighted by atomic mass is 35.5. The Hall–Kier alpha value is -2.81. The summed E-state index contributed by atoms with van der Waals surface area (Å²) >= 11 is 11.6. The van der Waals surface area contributed by atoms with Crippen molar-refractivity contribution in [1.82, 2.24) is 15.0 Å². The van der Waals surface area contributed by atoms with Crippen LogP contribution < -0.4 is 11.1 Å². The van der Waals surface area contributed by atoms with Gasteiger partial charge in [-0.2, -0.15) is 31.8 Å². The lowest BCUT2D eigenvalue weighted by molar-refractivity contribution is -0.434. The molecule has 0 fully saturated rings. The quantitative estimate of drug-likeness (QED) is 0.0324. The number of nitrogens with one attached hydrogen (secondary N) is 1. The number of sulfone groups is 1. The Balaban J connectivity index is 2.06. The molecule has 0 atom stereocenters. The van der Waals surface area contributed by atoms with E-state index in [4.69, 9.17) is 34.2 Å². The van der Waals surface area contributed by atoms with Gasteiger partial charge in [0.05, 0.1) is 28.6 Å². The molecule has 0 bridgehead atoms. The number of nitrogens with two attached hydrogens (primary N) is 1. The summed E-state index contributed by atoms with van der Waals surface area (Å²) in [6.45, 7) is -0.486. The van der Waals surface area contributed by atoms with Gasteiger partial charge in [-0.1, -0.05) is 5.04 Å². The first-order valence-electron chi connectivity index (χ1n) is 10.3. The summed E-state index contributed by atoms with van der Waals surface area (Å²) in [6.07, 6.45) is 0. The fourth-order valence-corrected chi connectivity index (χ4v) is 6.04. The molecule has 1 aromatic heterocycles. The number of halogens is 2. The number of hydrogen-bond donors (Lipinski definition) is 5. The van der Waals surface area contributed by atoms with Gasteiger partial charge in [-0.3, -0.25) is 13.3 Å². The summed E-state index contributed by atoms with van der Waals surface area (Å²) in [5.41, 5.74) is 4.14. The van der Waals surface area contributed by atoms with E-state index in [2.05, 4.69) is 44.1 Å². The van der Waals surface area contributed by atoms with Crippen molar-refractivity contribution < 1.29 is 53.2 Å². The average Bonchev–Trinajstić information content (AvgIpc) is 2.86. The fourth-order valence-electron chi connectivity index (χ4n) is 2.91. The van der Waals surface area contributed by atoms with Crippen LogP contribution >= 0.6 is 35.5 Å². The van der Waals surface area contributed by atoms with E-state index in [9.17, 15) is 34.4 Å². The van der Waals surface area contributed by atoms with Crippen molar-refractivity contribution >= 4 is 94.3 Å². The van der Waals surface area contributed by atoms with Gasteiger partial charge in [0.1, 0.15) is 21.2 Å². The molecule has 0 spiro atoms. The smallest absolute Gasteiger partial charge is 0.296 e. The third kappa shape index (κ3) is 9.09. The van der Waals surface area contributed by atoms with Crippen LogP contribution in [0.1, 0.15) is 0 Å². The van der Waals surface area contributed by atoms with E-state index in [1.807, 2.05) is 0 Å². The molecule has 0 radical (unpaired) electrons. The Bertz CT molecular complexity index is 1820. The number of rotatable bonds is 13. The van der Waals surface area contributed by atoms with Gasteiger partial charge in [-0.15, -0.1) is 14.6 Å². The van der Waals surface area contributed by atoms with Crippen LogP contribution in [-0.2, 0) is 43.6 Å². The Morgan fingerprint density at radius 3 is 2.12 bits per heavy atom. The Morgan fingerprint density at radius 2 is 1.52 bits per heavy atom. The average molecular weight is 709 g/mol. The topological polar surface area (TPSA) is 292 Å². The van der Waals surface area contributed by atoms with Crippen molar-refractivity contribution in [1.29, 1.82) is 0 Å². The second kappa shape index (κ2) is 13.7. The highest BCUT2D eigenvalue weighted by molar-refractivity contribution is 7.91. The minimum absolute atomic E-state index is 0.119. The van der Waals surface area contributed by atoms with Crippen molar-refractivity contribution in [2.45, 2.75) is 14.7 Å². The molecule has 0 saturated carbocycles. The largest absolute Gasteiger partial charge is 0.398 e. The minimum atomic E-state index is -5.11. The van der Waals surface area contributed by atoms with Gasteiger partial charge in [-0.25, -0.2) is 13.7 Å². The zero-order valence-corrected chi connectivity index (χ0v) is 24.8. The van der Waals surface area contributed by atoms with Gasteiger partial charge in [-0.05, 0) is 53.5 Å².